The Morgan fingerprint density at radius 3 is 1.18 bits per heavy atom. The summed E-state index contributed by atoms with van der Waals surface area (Å²) in [6, 6.07) is 21.4. The molecular formula is C22H18O4S2. The van der Waals surface area contributed by atoms with E-state index in [4.69, 9.17) is 9.47 Å². The Morgan fingerprint density at radius 2 is 0.893 bits per heavy atom. The van der Waals surface area contributed by atoms with Crippen LogP contribution in [-0.4, -0.2) is 24.5 Å². The highest BCUT2D eigenvalue weighted by Gasteiger charge is 2.11. The van der Waals surface area contributed by atoms with E-state index in [1.807, 2.05) is 24.3 Å². The van der Waals surface area contributed by atoms with Crippen LogP contribution in [0.5, 0.6) is 11.5 Å². The third kappa shape index (κ3) is 5.18. The molecular weight excluding hydrogens is 392 g/mol. The van der Waals surface area contributed by atoms with Crippen molar-refractivity contribution in [2.75, 3.05) is 14.2 Å². The molecule has 0 aliphatic carbocycles. The van der Waals surface area contributed by atoms with Crippen LogP contribution in [0.25, 0.3) is 0 Å². The fourth-order valence-electron chi connectivity index (χ4n) is 2.36. The first-order valence-electron chi connectivity index (χ1n) is 8.41. The molecule has 3 aromatic carbocycles. The van der Waals surface area contributed by atoms with E-state index in [0.717, 1.165) is 33.3 Å². The quantitative estimate of drug-likeness (QED) is 0.495. The molecule has 0 aromatic heterocycles. The molecule has 0 saturated heterocycles. The summed E-state index contributed by atoms with van der Waals surface area (Å²) >= 11 is 2.30. The molecule has 0 radical (unpaired) electrons. The molecule has 28 heavy (non-hydrogen) atoms. The van der Waals surface area contributed by atoms with E-state index in [2.05, 4.69) is 0 Å². The van der Waals surface area contributed by atoms with Crippen molar-refractivity contribution >= 4 is 33.8 Å². The zero-order chi connectivity index (χ0) is 19.9. The van der Waals surface area contributed by atoms with Crippen LogP contribution in [0.3, 0.4) is 0 Å². The Labute approximate surface area is 172 Å². The van der Waals surface area contributed by atoms with Crippen LogP contribution in [0.1, 0.15) is 20.7 Å². The van der Waals surface area contributed by atoms with E-state index in [-0.39, 0.29) is 10.2 Å². The van der Waals surface area contributed by atoms with E-state index in [1.54, 1.807) is 62.8 Å². The second-order valence-corrected chi connectivity index (χ2v) is 7.80. The van der Waals surface area contributed by atoms with E-state index < -0.39 is 0 Å². The number of methoxy groups -OCH3 is 2. The fraction of sp³-hybridized carbons (Fsp3) is 0.0909. The molecule has 0 spiro atoms. The lowest BCUT2D eigenvalue weighted by Gasteiger charge is -2.05. The maximum atomic E-state index is 12.4. The summed E-state index contributed by atoms with van der Waals surface area (Å²) in [6.07, 6.45) is 0. The van der Waals surface area contributed by atoms with Gasteiger partial charge in [0.2, 0.25) is 10.2 Å². The van der Waals surface area contributed by atoms with Gasteiger partial charge in [-0.1, -0.05) is 0 Å². The Bertz CT molecular complexity index is 869. The van der Waals surface area contributed by atoms with E-state index in [1.165, 1.54) is 0 Å². The third-order valence-electron chi connectivity index (χ3n) is 3.90. The van der Waals surface area contributed by atoms with Crippen LogP contribution in [-0.2, 0) is 0 Å². The predicted molar refractivity (Wildman–Crippen MR) is 113 cm³/mol. The van der Waals surface area contributed by atoms with E-state index in [9.17, 15) is 9.59 Å². The van der Waals surface area contributed by atoms with Gasteiger partial charge in [-0.3, -0.25) is 9.59 Å². The minimum Gasteiger partial charge on any atom is -0.497 e. The van der Waals surface area contributed by atoms with Crippen molar-refractivity contribution < 1.29 is 19.1 Å². The molecule has 0 atom stereocenters. The van der Waals surface area contributed by atoms with Gasteiger partial charge in [-0.2, -0.15) is 0 Å². The minimum atomic E-state index is -0.0441. The van der Waals surface area contributed by atoms with Crippen molar-refractivity contribution in [1.82, 2.24) is 0 Å². The smallest absolute Gasteiger partial charge is 0.224 e. The van der Waals surface area contributed by atoms with Crippen LogP contribution in [0.15, 0.2) is 82.6 Å². The standard InChI is InChI=1S/C22H18O4S2/c1-25-17-7-3-15(4-8-17)21(23)27-19-11-13-20(14-12-19)28-22(24)16-5-9-18(26-2)10-6-16/h3-14H,1-2H3. The summed E-state index contributed by atoms with van der Waals surface area (Å²) < 4.78 is 10.2. The van der Waals surface area contributed by atoms with Gasteiger partial charge in [0.1, 0.15) is 11.5 Å². The molecule has 3 rings (SSSR count). The number of ether oxygens (including phenoxy) is 2. The molecule has 0 aliphatic heterocycles. The number of hydrogen-bond acceptors (Lipinski definition) is 6. The van der Waals surface area contributed by atoms with Gasteiger partial charge in [-0.25, -0.2) is 0 Å². The molecule has 0 unspecified atom stereocenters. The second-order valence-electron chi connectivity index (χ2n) is 5.71. The van der Waals surface area contributed by atoms with Gasteiger partial charge in [0.15, 0.2) is 0 Å². The second kappa shape index (κ2) is 9.48. The van der Waals surface area contributed by atoms with Gasteiger partial charge in [-0.15, -0.1) is 0 Å². The molecule has 0 heterocycles. The van der Waals surface area contributed by atoms with Crippen molar-refractivity contribution in [3.8, 4) is 11.5 Å². The van der Waals surface area contributed by atoms with Crippen LogP contribution < -0.4 is 9.47 Å². The number of thioether (sulfide) groups is 2. The first-order valence-corrected chi connectivity index (χ1v) is 10.0. The van der Waals surface area contributed by atoms with Gasteiger partial charge in [0.05, 0.1) is 14.2 Å². The number of benzene rings is 3. The predicted octanol–water partition coefficient (Wildman–Crippen LogP) is 5.57. The van der Waals surface area contributed by atoms with Crippen molar-refractivity contribution in [1.29, 1.82) is 0 Å². The van der Waals surface area contributed by atoms with Gasteiger partial charge < -0.3 is 9.47 Å². The summed E-state index contributed by atoms with van der Waals surface area (Å²) in [5.41, 5.74) is 1.22. The van der Waals surface area contributed by atoms with Crippen molar-refractivity contribution in [2.45, 2.75) is 9.79 Å². The maximum absolute atomic E-state index is 12.4. The van der Waals surface area contributed by atoms with Crippen LogP contribution >= 0.6 is 23.5 Å². The SMILES string of the molecule is COc1ccc(C(=O)Sc2ccc(SC(=O)c3ccc(OC)cc3)cc2)cc1. The highest BCUT2D eigenvalue weighted by Crippen LogP contribution is 2.28. The van der Waals surface area contributed by atoms with Crippen molar-refractivity contribution in [2.24, 2.45) is 0 Å². The molecule has 0 aliphatic rings. The minimum absolute atomic E-state index is 0.0441. The molecule has 0 saturated carbocycles. The normalized spacial score (nSPS) is 10.4. The highest BCUT2D eigenvalue weighted by atomic mass is 32.2. The molecule has 6 heteroatoms. The highest BCUT2D eigenvalue weighted by molar-refractivity contribution is 8.14. The van der Waals surface area contributed by atoms with Gasteiger partial charge >= 0.3 is 0 Å². The summed E-state index contributed by atoms with van der Waals surface area (Å²) in [5, 5.41) is -0.0882. The fourth-order valence-corrected chi connectivity index (χ4v) is 3.84. The number of hydrogen-bond donors (Lipinski definition) is 0. The van der Waals surface area contributed by atoms with Crippen molar-refractivity contribution in [3.63, 3.8) is 0 Å². The lowest BCUT2D eigenvalue weighted by atomic mass is 10.2. The molecule has 0 bridgehead atoms. The largest absolute Gasteiger partial charge is 0.497 e. The third-order valence-corrected chi connectivity index (χ3v) is 5.75. The Balaban J connectivity index is 1.60. The molecule has 0 amide bonds. The van der Waals surface area contributed by atoms with E-state index in [0.29, 0.717) is 22.6 Å². The van der Waals surface area contributed by atoms with Crippen LogP contribution in [0.4, 0.5) is 0 Å². The maximum Gasteiger partial charge on any atom is 0.224 e. The molecule has 142 valence electrons. The van der Waals surface area contributed by atoms with Gasteiger partial charge in [0.25, 0.3) is 0 Å². The van der Waals surface area contributed by atoms with Crippen LogP contribution in [0, 0.1) is 0 Å². The van der Waals surface area contributed by atoms with Crippen molar-refractivity contribution in [3.05, 3.63) is 83.9 Å². The summed E-state index contributed by atoms with van der Waals surface area (Å²) in [6.45, 7) is 0. The number of carbonyl (C=O) groups is 2. The lowest BCUT2D eigenvalue weighted by molar-refractivity contribution is 0.108. The molecule has 0 N–H and O–H groups in total. The Morgan fingerprint density at radius 1 is 0.571 bits per heavy atom. The summed E-state index contributed by atoms with van der Waals surface area (Å²) in [4.78, 5) is 26.4. The number of rotatable bonds is 6. The average Bonchev–Trinajstić information content (AvgIpc) is 2.75. The lowest BCUT2D eigenvalue weighted by Crippen LogP contribution is -1.94. The average molecular weight is 411 g/mol. The first-order chi connectivity index (χ1) is 13.6. The topological polar surface area (TPSA) is 52.6 Å². The van der Waals surface area contributed by atoms with Gasteiger partial charge in [-0.05, 0) is 96.3 Å². The monoisotopic (exact) mass is 410 g/mol. The molecule has 4 nitrogen and oxygen atoms in total. The first kappa shape index (κ1) is 20.0. The van der Waals surface area contributed by atoms with Crippen LogP contribution in [0.2, 0.25) is 0 Å². The molecule has 0 fully saturated rings. The Hall–Kier alpha value is -2.70. The zero-order valence-electron chi connectivity index (χ0n) is 15.4. The zero-order valence-corrected chi connectivity index (χ0v) is 17.0. The Kier molecular flexibility index (Phi) is 6.79. The number of carbonyl (C=O) groups excluding carboxylic acids is 2. The summed E-state index contributed by atoms with van der Waals surface area (Å²) in [5.74, 6) is 1.42. The molecule has 3 aromatic rings. The van der Waals surface area contributed by atoms with Gasteiger partial charge in [0, 0.05) is 20.9 Å². The van der Waals surface area contributed by atoms with E-state index >= 15 is 0 Å². The summed E-state index contributed by atoms with van der Waals surface area (Å²) in [7, 11) is 3.18.